The fraction of sp³-hybridized carbons (Fsp3) is 0.133. The van der Waals surface area contributed by atoms with Crippen LogP contribution in [-0.4, -0.2) is 41.2 Å². The molecule has 1 fully saturated rings. The highest BCUT2D eigenvalue weighted by molar-refractivity contribution is 8.00. The molecule has 11 heteroatoms. The number of benzene rings is 3. The summed E-state index contributed by atoms with van der Waals surface area (Å²) in [7, 11) is 2.99. The molecule has 1 unspecified atom stereocenters. The van der Waals surface area contributed by atoms with Gasteiger partial charge in [0.1, 0.15) is 11.8 Å². The number of carbonyl (C=O) groups is 2. The summed E-state index contributed by atoms with van der Waals surface area (Å²) in [6.45, 7) is 0. The van der Waals surface area contributed by atoms with E-state index in [-0.39, 0.29) is 16.5 Å². The van der Waals surface area contributed by atoms with Gasteiger partial charge in [-0.25, -0.2) is 0 Å². The number of aliphatic hydroxyl groups is 1. The Morgan fingerprint density at radius 2 is 1.78 bits per heavy atom. The van der Waals surface area contributed by atoms with Crippen molar-refractivity contribution in [2.75, 3.05) is 19.1 Å². The van der Waals surface area contributed by atoms with Gasteiger partial charge in [-0.05, 0) is 46.0 Å². The Balaban J connectivity index is 1.35. The smallest absolute Gasteiger partial charge is 0.301 e. The first kappa shape index (κ1) is 27.0. The van der Waals surface area contributed by atoms with E-state index in [1.807, 2.05) is 35.7 Å². The van der Waals surface area contributed by atoms with Crippen molar-refractivity contribution < 1.29 is 24.2 Å². The van der Waals surface area contributed by atoms with Gasteiger partial charge >= 0.3 is 5.91 Å². The van der Waals surface area contributed by atoms with Crippen LogP contribution in [-0.2, 0) is 15.3 Å². The second-order valence-electron chi connectivity index (χ2n) is 9.03. The standard InChI is InChI=1S/C30H23N3O5S3/c1-37-21-13-12-18(15-22(21)38-2)26(34)24-25(23-11-6-14-39-23)33(28(36)27(24)35)29-31-32-30(41-29)40-16-19-9-5-8-17-7-3-4-10-20(17)19/h3-15,25,34H,16H2,1-2H3/b26-24-. The lowest BCUT2D eigenvalue weighted by Crippen LogP contribution is -2.29. The second kappa shape index (κ2) is 11.4. The molecule has 0 radical (unpaired) electrons. The van der Waals surface area contributed by atoms with Crippen molar-refractivity contribution in [3.05, 3.63) is 99.8 Å². The number of rotatable bonds is 8. The molecule has 5 aromatic rings. The van der Waals surface area contributed by atoms with Gasteiger partial charge in [0.05, 0.1) is 19.8 Å². The average Bonchev–Trinajstić information content (AvgIpc) is 3.76. The maximum Gasteiger partial charge on any atom is 0.301 e. The van der Waals surface area contributed by atoms with Crippen LogP contribution in [0.5, 0.6) is 11.5 Å². The van der Waals surface area contributed by atoms with E-state index >= 15 is 0 Å². The monoisotopic (exact) mass is 601 g/mol. The number of hydrogen-bond donors (Lipinski definition) is 1. The van der Waals surface area contributed by atoms with E-state index < -0.39 is 17.7 Å². The number of Topliss-reactive ketones (excluding diaryl/α,β-unsaturated/α-hetero) is 1. The zero-order valence-electron chi connectivity index (χ0n) is 21.9. The van der Waals surface area contributed by atoms with Crippen molar-refractivity contribution in [2.45, 2.75) is 16.1 Å². The Labute approximate surface area is 247 Å². The van der Waals surface area contributed by atoms with Crippen LogP contribution >= 0.6 is 34.4 Å². The molecule has 1 saturated heterocycles. The van der Waals surface area contributed by atoms with Gasteiger partial charge in [0.2, 0.25) is 5.13 Å². The number of ether oxygens (including phenoxy) is 2. The van der Waals surface area contributed by atoms with E-state index in [1.165, 1.54) is 64.5 Å². The highest BCUT2D eigenvalue weighted by Crippen LogP contribution is 2.45. The quantitative estimate of drug-likeness (QED) is 0.0690. The largest absolute Gasteiger partial charge is 0.507 e. The molecule has 41 heavy (non-hydrogen) atoms. The summed E-state index contributed by atoms with van der Waals surface area (Å²) in [5.41, 5.74) is 1.47. The van der Waals surface area contributed by atoms with Crippen LogP contribution in [0.2, 0.25) is 0 Å². The minimum Gasteiger partial charge on any atom is -0.507 e. The van der Waals surface area contributed by atoms with Crippen LogP contribution in [0.15, 0.2) is 88.1 Å². The molecule has 1 N–H and O–H groups in total. The summed E-state index contributed by atoms with van der Waals surface area (Å²) in [5, 5.41) is 24.5. The Hall–Kier alpha value is -4.19. The average molecular weight is 602 g/mol. The van der Waals surface area contributed by atoms with Crippen LogP contribution in [0.3, 0.4) is 0 Å². The number of methoxy groups -OCH3 is 2. The van der Waals surface area contributed by atoms with Crippen molar-refractivity contribution in [2.24, 2.45) is 0 Å². The van der Waals surface area contributed by atoms with Crippen molar-refractivity contribution >= 4 is 67.8 Å². The zero-order chi connectivity index (χ0) is 28.5. The van der Waals surface area contributed by atoms with Crippen LogP contribution in [0, 0.1) is 0 Å². The fourth-order valence-electron chi connectivity index (χ4n) is 4.80. The van der Waals surface area contributed by atoms with Crippen LogP contribution in [0.25, 0.3) is 16.5 Å². The Bertz CT molecular complexity index is 1790. The SMILES string of the molecule is COc1ccc(/C(O)=C2/C(=O)C(=O)N(c3nnc(SCc4cccc5ccccc45)s3)C2c2cccs2)cc1OC. The lowest BCUT2D eigenvalue weighted by molar-refractivity contribution is -0.132. The van der Waals surface area contributed by atoms with Gasteiger partial charge in [0.15, 0.2) is 15.8 Å². The third-order valence-corrected chi connectivity index (χ3v) is 9.78. The minimum absolute atomic E-state index is 0.0233. The predicted molar refractivity (Wildman–Crippen MR) is 162 cm³/mol. The molecule has 0 bridgehead atoms. The number of aliphatic hydroxyl groups excluding tert-OH is 1. The van der Waals surface area contributed by atoms with E-state index in [9.17, 15) is 14.7 Å². The number of aromatic nitrogens is 2. The maximum atomic E-state index is 13.4. The molecule has 0 spiro atoms. The molecule has 0 aliphatic carbocycles. The second-order valence-corrected chi connectivity index (χ2v) is 12.2. The van der Waals surface area contributed by atoms with Crippen molar-refractivity contribution in [1.82, 2.24) is 10.2 Å². The third-order valence-electron chi connectivity index (χ3n) is 6.75. The molecule has 1 atom stereocenters. The number of thioether (sulfide) groups is 1. The van der Waals surface area contributed by atoms with Gasteiger partial charge in [-0.2, -0.15) is 0 Å². The normalized spacial score (nSPS) is 16.4. The predicted octanol–water partition coefficient (Wildman–Crippen LogP) is 6.69. The van der Waals surface area contributed by atoms with Gasteiger partial charge in [-0.15, -0.1) is 21.5 Å². The van der Waals surface area contributed by atoms with Crippen molar-refractivity contribution in [3.8, 4) is 11.5 Å². The first-order valence-corrected chi connectivity index (χ1v) is 15.2. The van der Waals surface area contributed by atoms with Crippen molar-refractivity contribution in [3.63, 3.8) is 0 Å². The topological polar surface area (TPSA) is 102 Å². The molecule has 3 heterocycles. The summed E-state index contributed by atoms with van der Waals surface area (Å²) < 4.78 is 11.3. The molecular weight excluding hydrogens is 579 g/mol. The number of hydrogen-bond acceptors (Lipinski definition) is 10. The van der Waals surface area contributed by atoms with Gasteiger partial charge in [0, 0.05) is 16.2 Å². The summed E-state index contributed by atoms with van der Waals surface area (Å²) in [6, 6.07) is 22.0. The molecule has 2 aromatic heterocycles. The first-order valence-electron chi connectivity index (χ1n) is 12.5. The van der Waals surface area contributed by atoms with E-state index in [2.05, 4.69) is 34.5 Å². The lowest BCUT2D eigenvalue weighted by Gasteiger charge is -2.21. The number of thiophene rings is 1. The van der Waals surface area contributed by atoms with E-state index in [0.29, 0.717) is 32.0 Å². The van der Waals surface area contributed by atoms with Crippen LogP contribution in [0.1, 0.15) is 22.0 Å². The molecular formula is C30H23N3O5S3. The number of nitrogens with zero attached hydrogens (tertiary/aromatic N) is 3. The fourth-order valence-corrected chi connectivity index (χ4v) is 7.50. The molecule has 3 aromatic carbocycles. The van der Waals surface area contributed by atoms with E-state index in [4.69, 9.17) is 9.47 Å². The summed E-state index contributed by atoms with van der Waals surface area (Å²) in [5.74, 6) is -0.344. The van der Waals surface area contributed by atoms with Crippen LogP contribution in [0.4, 0.5) is 5.13 Å². The zero-order valence-corrected chi connectivity index (χ0v) is 24.4. The molecule has 8 nitrogen and oxygen atoms in total. The van der Waals surface area contributed by atoms with Gasteiger partial charge in [0.25, 0.3) is 5.78 Å². The maximum absolute atomic E-state index is 13.4. The Morgan fingerprint density at radius 3 is 2.56 bits per heavy atom. The Morgan fingerprint density at radius 1 is 0.976 bits per heavy atom. The molecule has 1 aliphatic rings. The number of ketones is 1. The van der Waals surface area contributed by atoms with Crippen molar-refractivity contribution in [1.29, 1.82) is 0 Å². The number of fused-ring (bicyclic) bond motifs is 1. The lowest BCUT2D eigenvalue weighted by atomic mass is 9.99. The van der Waals surface area contributed by atoms with Gasteiger partial charge in [-0.1, -0.05) is 71.6 Å². The third kappa shape index (κ3) is 4.96. The number of carbonyl (C=O) groups excluding carboxylic acids is 2. The van der Waals surface area contributed by atoms with Crippen LogP contribution < -0.4 is 14.4 Å². The van der Waals surface area contributed by atoms with Gasteiger partial charge in [-0.3, -0.25) is 14.5 Å². The molecule has 6 rings (SSSR count). The summed E-state index contributed by atoms with van der Waals surface area (Å²) in [6.07, 6.45) is 0. The van der Waals surface area contributed by atoms with Gasteiger partial charge < -0.3 is 14.6 Å². The Kier molecular flexibility index (Phi) is 7.48. The first-order chi connectivity index (χ1) is 20.0. The molecule has 1 aliphatic heterocycles. The highest BCUT2D eigenvalue weighted by atomic mass is 32.2. The van der Waals surface area contributed by atoms with E-state index in [1.54, 1.807) is 18.2 Å². The number of anilines is 1. The number of amides is 1. The van der Waals surface area contributed by atoms with E-state index in [0.717, 1.165) is 5.39 Å². The summed E-state index contributed by atoms with van der Waals surface area (Å²) >= 11 is 4.14. The molecule has 206 valence electrons. The minimum atomic E-state index is -0.855. The highest BCUT2D eigenvalue weighted by Gasteiger charge is 2.48. The molecule has 1 amide bonds. The molecule has 0 saturated carbocycles. The summed E-state index contributed by atoms with van der Waals surface area (Å²) in [4.78, 5) is 28.9.